The molecule has 0 saturated heterocycles. The molecule has 0 amide bonds. The number of aryl methyl sites for hydroxylation is 1. The minimum Gasteiger partial charge on any atom is -0.477 e. The van der Waals surface area contributed by atoms with Crippen molar-refractivity contribution in [3.05, 3.63) is 90.5 Å². The summed E-state index contributed by atoms with van der Waals surface area (Å²) in [7, 11) is 0. The summed E-state index contributed by atoms with van der Waals surface area (Å²) in [6, 6.07) is 21.9. The zero-order chi connectivity index (χ0) is 17.6. The smallest absolute Gasteiger partial charge is 0.354 e. The summed E-state index contributed by atoms with van der Waals surface area (Å²) in [5.41, 5.74) is 2.08. The summed E-state index contributed by atoms with van der Waals surface area (Å²) < 4.78 is 1.81. The number of nitrogens with zero attached hydrogens (tertiary/aromatic N) is 3. The predicted octanol–water partition coefficient (Wildman–Crippen LogP) is 3.91. The van der Waals surface area contributed by atoms with Crippen molar-refractivity contribution >= 4 is 16.7 Å². The molecular formula is C20H16IrN3O2-. The van der Waals surface area contributed by atoms with Gasteiger partial charge in [0.25, 0.3) is 0 Å². The van der Waals surface area contributed by atoms with Crippen molar-refractivity contribution in [3.63, 3.8) is 0 Å². The van der Waals surface area contributed by atoms with Gasteiger partial charge >= 0.3 is 5.97 Å². The first kappa shape index (κ1) is 19.5. The van der Waals surface area contributed by atoms with Crippen molar-refractivity contribution in [2.75, 3.05) is 0 Å². The monoisotopic (exact) mass is 523 g/mol. The minimum atomic E-state index is -0.995. The Morgan fingerprint density at radius 2 is 1.81 bits per heavy atom. The van der Waals surface area contributed by atoms with Crippen LogP contribution in [0, 0.1) is 13.0 Å². The molecule has 1 N–H and O–H groups in total. The third kappa shape index (κ3) is 4.85. The second kappa shape index (κ2) is 9.04. The zero-order valence-corrected chi connectivity index (χ0v) is 16.4. The number of hydrogen-bond donors (Lipinski definition) is 1. The molecule has 5 nitrogen and oxygen atoms in total. The normalized spacial score (nSPS) is 9.73. The van der Waals surface area contributed by atoms with Crippen molar-refractivity contribution in [1.82, 2.24) is 14.8 Å². The number of fused-ring (bicyclic) bond motifs is 1. The van der Waals surface area contributed by atoms with Gasteiger partial charge in [0.15, 0.2) is 0 Å². The van der Waals surface area contributed by atoms with Gasteiger partial charge in [0.1, 0.15) is 5.69 Å². The zero-order valence-electron chi connectivity index (χ0n) is 14.0. The molecule has 4 aromatic rings. The molecule has 2 aromatic carbocycles. The Labute approximate surface area is 164 Å². The first-order valence-electron chi connectivity index (χ1n) is 7.71. The number of para-hydroxylation sites is 1. The second-order valence-corrected chi connectivity index (χ2v) is 5.37. The molecule has 0 aliphatic carbocycles. The Bertz CT molecular complexity index is 1000. The molecule has 0 unspecified atom stereocenters. The van der Waals surface area contributed by atoms with Crippen LogP contribution in [-0.2, 0) is 20.1 Å². The molecule has 0 bridgehead atoms. The largest absolute Gasteiger partial charge is 0.477 e. The van der Waals surface area contributed by atoms with Gasteiger partial charge in [-0.05, 0) is 30.1 Å². The number of rotatable bonds is 2. The van der Waals surface area contributed by atoms with Gasteiger partial charge in [-0.15, -0.1) is 6.07 Å². The summed E-state index contributed by atoms with van der Waals surface area (Å²) in [5, 5.41) is 14.8. The summed E-state index contributed by atoms with van der Waals surface area (Å²) >= 11 is 0. The maximum Gasteiger partial charge on any atom is 0.354 e. The number of pyridine rings is 1. The van der Waals surface area contributed by atoms with Crippen molar-refractivity contribution in [2.45, 2.75) is 6.92 Å². The maximum absolute atomic E-state index is 10.6. The fourth-order valence-corrected chi connectivity index (χ4v) is 2.28. The Hall–Kier alpha value is -2.82. The first-order chi connectivity index (χ1) is 12.1. The molecule has 6 heteroatoms. The molecule has 0 atom stereocenters. The van der Waals surface area contributed by atoms with E-state index in [9.17, 15) is 4.79 Å². The Kier molecular flexibility index (Phi) is 6.78. The number of aromatic nitrogens is 3. The molecule has 26 heavy (non-hydrogen) atoms. The van der Waals surface area contributed by atoms with E-state index in [0.717, 1.165) is 22.2 Å². The van der Waals surface area contributed by atoms with Crippen LogP contribution in [-0.4, -0.2) is 25.8 Å². The molecule has 0 aliphatic rings. The van der Waals surface area contributed by atoms with Crippen LogP contribution < -0.4 is 0 Å². The van der Waals surface area contributed by atoms with Gasteiger partial charge in [0.05, 0.1) is 5.69 Å². The molecule has 0 saturated carbocycles. The SMILES string of the molecule is Cc1ccn(-c2[c-]cccc2)n1.O=C(O)c1cc2ccccc2cn1.[Ir]. The van der Waals surface area contributed by atoms with Gasteiger partial charge in [0, 0.05) is 37.9 Å². The van der Waals surface area contributed by atoms with Gasteiger partial charge in [0.2, 0.25) is 0 Å². The van der Waals surface area contributed by atoms with Crippen LogP contribution in [0.4, 0.5) is 0 Å². The van der Waals surface area contributed by atoms with Crippen LogP contribution in [0.5, 0.6) is 0 Å². The number of carboxylic acid groups (broad SMARTS) is 1. The molecule has 133 valence electrons. The topological polar surface area (TPSA) is 68.0 Å². The number of benzene rings is 2. The summed E-state index contributed by atoms with van der Waals surface area (Å²) in [4.78, 5) is 14.4. The standard InChI is InChI=1S/C10H9N2.C10H7NO2.Ir/c1-9-7-8-12(11-9)10-5-3-2-4-6-10;12-10(13)9-5-7-3-1-2-4-8(7)6-11-9;/h2-5,7-8H,1H3;1-6H,(H,12,13);/q-1;;. The third-order valence-corrected chi connectivity index (χ3v) is 3.51. The van der Waals surface area contributed by atoms with Crippen LogP contribution in [0.1, 0.15) is 16.2 Å². The van der Waals surface area contributed by atoms with Gasteiger partial charge in [-0.3, -0.25) is 4.68 Å². The summed E-state index contributed by atoms with van der Waals surface area (Å²) in [5.74, 6) is -0.995. The molecular weight excluding hydrogens is 506 g/mol. The van der Waals surface area contributed by atoms with E-state index >= 15 is 0 Å². The fourth-order valence-electron chi connectivity index (χ4n) is 2.28. The van der Waals surface area contributed by atoms with Crippen LogP contribution in [0.25, 0.3) is 16.5 Å². The van der Waals surface area contributed by atoms with Crippen LogP contribution in [0.2, 0.25) is 0 Å². The van der Waals surface area contributed by atoms with Crippen LogP contribution in [0.3, 0.4) is 0 Å². The average Bonchev–Trinajstić information content (AvgIpc) is 3.09. The van der Waals surface area contributed by atoms with E-state index in [1.54, 1.807) is 12.3 Å². The molecule has 4 rings (SSSR count). The van der Waals surface area contributed by atoms with E-state index in [1.165, 1.54) is 0 Å². The van der Waals surface area contributed by atoms with E-state index in [2.05, 4.69) is 16.1 Å². The van der Waals surface area contributed by atoms with E-state index < -0.39 is 5.97 Å². The van der Waals surface area contributed by atoms with Crippen LogP contribution >= 0.6 is 0 Å². The predicted molar refractivity (Wildman–Crippen MR) is 95.8 cm³/mol. The third-order valence-electron chi connectivity index (χ3n) is 3.51. The Morgan fingerprint density at radius 3 is 2.42 bits per heavy atom. The molecule has 0 aliphatic heterocycles. The van der Waals surface area contributed by atoms with Gasteiger partial charge in [-0.25, -0.2) is 9.78 Å². The quantitative estimate of drug-likeness (QED) is 0.406. The Morgan fingerprint density at radius 1 is 1.08 bits per heavy atom. The average molecular weight is 523 g/mol. The fraction of sp³-hybridized carbons (Fsp3) is 0.0500. The number of carbonyl (C=O) groups is 1. The second-order valence-electron chi connectivity index (χ2n) is 5.37. The molecule has 1 radical (unpaired) electrons. The van der Waals surface area contributed by atoms with Crippen molar-refractivity contribution < 1.29 is 30.0 Å². The van der Waals surface area contributed by atoms with E-state index in [1.807, 2.05) is 72.4 Å². The Balaban J connectivity index is 0.000000180. The number of hydrogen-bond acceptors (Lipinski definition) is 3. The van der Waals surface area contributed by atoms with Gasteiger partial charge < -0.3 is 5.11 Å². The maximum atomic E-state index is 10.6. The van der Waals surface area contributed by atoms with E-state index in [-0.39, 0.29) is 25.8 Å². The molecule has 2 aromatic heterocycles. The molecule has 2 heterocycles. The van der Waals surface area contributed by atoms with Crippen molar-refractivity contribution in [2.24, 2.45) is 0 Å². The van der Waals surface area contributed by atoms with Crippen LogP contribution in [0.15, 0.2) is 73.1 Å². The molecule has 0 spiro atoms. The van der Waals surface area contributed by atoms with Gasteiger partial charge in [-0.1, -0.05) is 24.3 Å². The van der Waals surface area contributed by atoms with Gasteiger partial charge in [-0.2, -0.15) is 29.4 Å². The molecule has 0 fully saturated rings. The van der Waals surface area contributed by atoms with Crippen molar-refractivity contribution in [3.8, 4) is 5.69 Å². The van der Waals surface area contributed by atoms with E-state index in [4.69, 9.17) is 5.11 Å². The summed E-state index contributed by atoms with van der Waals surface area (Å²) in [6.45, 7) is 1.97. The first-order valence-corrected chi connectivity index (χ1v) is 7.71. The van der Waals surface area contributed by atoms with Crippen molar-refractivity contribution in [1.29, 1.82) is 0 Å². The number of carboxylic acids is 1. The number of aromatic carboxylic acids is 1. The van der Waals surface area contributed by atoms with E-state index in [0.29, 0.717) is 0 Å². The minimum absolute atomic E-state index is 0. The summed E-state index contributed by atoms with van der Waals surface area (Å²) in [6.07, 6.45) is 3.50.